The molecule has 2 heterocycles. The van der Waals surface area contributed by atoms with Crippen LogP contribution in [0.2, 0.25) is 0 Å². The van der Waals surface area contributed by atoms with Crippen molar-refractivity contribution < 1.29 is 8.42 Å². The quantitative estimate of drug-likeness (QED) is 0.762. The Kier molecular flexibility index (Phi) is 4.61. The van der Waals surface area contributed by atoms with Gasteiger partial charge >= 0.3 is 0 Å². The lowest BCUT2D eigenvalue weighted by Gasteiger charge is -2.07. The molecule has 2 rings (SSSR count). The van der Waals surface area contributed by atoms with Crippen molar-refractivity contribution >= 4 is 21.5 Å². The van der Waals surface area contributed by atoms with Crippen LogP contribution in [0.15, 0.2) is 29.4 Å². The normalized spacial score (nSPS) is 12.1. The standard InChI is InChI=1S/C13H20N4O2S/c1-2-3-4-6-9-15-20(18,19)13-12(14)16-11-8-5-7-10-17(11)13/h5,7-8,10,15H,2-4,6,9,14H2,1H3. The molecule has 0 amide bonds. The second-order valence-electron chi connectivity index (χ2n) is 4.69. The fraction of sp³-hybridized carbons (Fsp3) is 0.462. The number of nitrogen functional groups attached to an aromatic ring is 1. The average molecular weight is 296 g/mol. The highest BCUT2D eigenvalue weighted by Crippen LogP contribution is 2.19. The molecule has 20 heavy (non-hydrogen) atoms. The molecule has 0 bridgehead atoms. The maximum atomic E-state index is 12.3. The Morgan fingerprint density at radius 1 is 1.30 bits per heavy atom. The van der Waals surface area contributed by atoms with Gasteiger partial charge in [-0.15, -0.1) is 0 Å². The zero-order chi connectivity index (χ0) is 14.6. The third kappa shape index (κ3) is 3.10. The second kappa shape index (κ2) is 6.23. The number of sulfonamides is 1. The minimum Gasteiger partial charge on any atom is -0.381 e. The Morgan fingerprint density at radius 3 is 2.85 bits per heavy atom. The van der Waals surface area contributed by atoms with Crippen LogP contribution in [-0.2, 0) is 10.0 Å². The van der Waals surface area contributed by atoms with Gasteiger partial charge in [0.2, 0.25) is 0 Å². The molecule has 2 aromatic heterocycles. The van der Waals surface area contributed by atoms with Crippen molar-refractivity contribution in [2.24, 2.45) is 0 Å². The lowest BCUT2D eigenvalue weighted by molar-refractivity contribution is 0.569. The van der Waals surface area contributed by atoms with E-state index < -0.39 is 10.0 Å². The van der Waals surface area contributed by atoms with E-state index in [4.69, 9.17) is 5.73 Å². The molecule has 0 atom stereocenters. The number of unbranched alkanes of at least 4 members (excludes halogenated alkanes) is 3. The van der Waals surface area contributed by atoms with Crippen molar-refractivity contribution in [1.82, 2.24) is 14.1 Å². The maximum Gasteiger partial charge on any atom is 0.260 e. The van der Waals surface area contributed by atoms with Crippen molar-refractivity contribution in [3.63, 3.8) is 0 Å². The predicted molar refractivity (Wildman–Crippen MR) is 78.9 cm³/mol. The van der Waals surface area contributed by atoms with E-state index in [2.05, 4.69) is 16.6 Å². The smallest absolute Gasteiger partial charge is 0.260 e. The van der Waals surface area contributed by atoms with Crippen molar-refractivity contribution in [3.8, 4) is 0 Å². The molecule has 0 aliphatic carbocycles. The minimum atomic E-state index is -3.64. The highest BCUT2D eigenvalue weighted by Gasteiger charge is 2.23. The van der Waals surface area contributed by atoms with Gasteiger partial charge in [0.15, 0.2) is 10.8 Å². The monoisotopic (exact) mass is 296 g/mol. The fourth-order valence-corrected chi connectivity index (χ4v) is 3.37. The van der Waals surface area contributed by atoms with Crippen molar-refractivity contribution in [3.05, 3.63) is 24.4 Å². The number of imidazole rings is 1. The number of hydrogen-bond acceptors (Lipinski definition) is 4. The summed E-state index contributed by atoms with van der Waals surface area (Å²) in [5.41, 5.74) is 6.26. The van der Waals surface area contributed by atoms with Gasteiger partial charge in [0.05, 0.1) is 0 Å². The van der Waals surface area contributed by atoms with Gasteiger partial charge < -0.3 is 5.73 Å². The van der Waals surface area contributed by atoms with E-state index in [1.54, 1.807) is 24.4 Å². The molecule has 7 heteroatoms. The number of aromatic nitrogens is 2. The molecule has 0 fully saturated rings. The highest BCUT2D eigenvalue weighted by atomic mass is 32.2. The van der Waals surface area contributed by atoms with E-state index >= 15 is 0 Å². The molecule has 2 aromatic rings. The van der Waals surface area contributed by atoms with Crippen LogP contribution in [-0.4, -0.2) is 24.3 Å². The Balaban J connectivity index is 2.17. The Labute approximate surface area is 119 Å². The number of nitrogens with one attached hydrogen (secondary N) is 1. The van der Waals surface area contributed by atoms with Crippen LogP contribution in [0.25, 0.3) is 5.65 Å². The van der Waals surface area contributed by atoms with Gasteiger partial charge in [0.1, 0.15) is 5.65 Å². The SMILES string of the molecule is CCCCCCNS(=O)(=O)c1c(N)nc2ccccn12. The van der Waals surface area contributed by atoms with Crippen molar-refractivity contribution in [2.75, 3.05) is 12.3 Å². The Bertz CT molecular complexity index is 679. The number of fused-ring (bicyclic) bond motifs is 1. The summed E-state index contributed by atoms with van der Waals surface area (Å²) < 4.78 is 28.7. The van der Waals surface area contributed by atoms with Gasteiger partial charge in [-0.25, -0.2) is 18.1 Å². The summed E-state index contributed by atoms with van der Waals surface area (Å²) in [5.74, 6) is 0.0252. The minimum absolute atomic E-state index is 0.0172. The summed E-state index contributed by atoms with van der Waals surface area (Å²) in [6, 6.07) is 5.25. The van der Waals surface area contributed by atoms with Crippen LogP contribution in [0.3, 0.4) is 0 Å². The van der Waals surface area contributed by atoms with Crippen LogP contribution >= 0.6 is 0 Å². The second-order valence-corrected chi connectivity index (χ2v) is 6.37. The van der Waals surface area contributed by atoms with Crippen LogP contribution in [0, 0.1) is 0 Å². The van der Waals surface area contributed by atoms with Crippen LogP contribution < -0.4 is 10.5 Å². The number of anilines is 1. The molecular formula is C13H20N4O2S. The van der Waals surface area contributed by atoms with Crippen molar-refractivity contribution in [2.45, 2.75) is 37.6 Å². The van der Waals surface area contributed by atoms with E-state index in [0.29, 0.717) is 12.2 Å². The molecule has 3 N–H and O–H groups in total. The molecular weight excluding hydrogens is 276 g/mol. The van der Waals surface area contributed by atoms with E-state index in [1.807, 2.05) is 0 Å². The molecule has 0 aromatic carbocycles. The first-order valence-corrected chi connectivity index (χ1v) is 8.27. The third-order valence-electron chi connectivity index (χ3n) is 3.09. The average Bonchev–Trinajstić information content (AvgIpc) is 2.75. The van der Waals surface area contributed by atoms with Gasteiger partial charge in [-0.1, -0.05) is 32.3 Å². The van der Waals surface area contributed by atoms with E-state index in [-0.39, 0.29) is 10.8 Å². The number of nitrogens with zero attached hydrogens (tertiary/aromatic N) is 2. The first-order chi connectivity index (χ1) is 9.56. The number of rotatable bonds is 7. The molecule has 0 spiro atoms. The fourth-order valence-electron chi connectivity index (χ4n) is 2.09. The predicted octanol–water partition coefficient (Wildman–Crippen LogP) is 1.78. The first-order valence-electron chi connectivity index (χ1n) is 6.78. The van der Waals surface area contributed by atoms with Crippen LogP contribution in [0.5, 0.6) is 0 Å². The highest BCUT2D eigenvalue weighted by molar-refractivity contribution is 7.89. The van der Waals surface area contributed by atoms with Gasteiger partial charge in [-0.2, -0.15) is 0 Å². The lowest BCUT2D eigenvalue weighted by atomic mass is 10.2. The van der Waals surface area contributed by atoms with Gasteiger partial charge in [-0.05, 0) is 18.6 Å². The number of hydrogen-bond donors (Lipinski definition) is 2. The molecule has 110 valence electrons. The molecule has 0 aliphatic heterocycles. The molecule has 0 radical (unpaired) electrons. The van der Waals surface area contributed by atoms with Gasteiger partial charge in [-0.3, -0.25) is 4.40 Å². The van der Waals surface area contributed by atoms with Crippen LogP contribution in [0.1, 0.15) is 32.6 Å². The molecule has 0 saturated heterocycles. The van der Waals surface area contributed by atoms with Gasteiger partial charge in [0.25, 0.3) is 10.0 Å². The lowest BCUT2D eigenvalue weighted by Crippen LogP contribution is -2.26. The van der Waals surface area contributed by atoms with Crippen molar-refractivity contribution in [1.29, 1.82) is 0 Å². The summed E-state index contributed by atoms with van der Waals surface area (Å²) in [4.78, 5) is 4.06. The number of pyridine rings is 1. The van der Waals surface area contributed by atoms with E-state index in [0.717, 1.165) is 25.7 Å². The third-order valence-corrected chi connectivity index (χ3v) is 4.59. The zero-order valence-electron chi connectivity index (χ0n) is 11.5. The van der Waals surface area contributed by atoms with Crippen LogP contribution in [0.4, 0.5) is 5.82 Å². The molecule has 6 nitrogen and oxygen atoms in total. The maximum absolute atomic E-state index is 12.3. The summed E-state index contributed by atoms with van der Waals surface area (Å²) in [6.45, 7) is 2.53. The molecule has 0 unspecified atom stereocenters. The molecule has 0 saturated carbocycles. The van der Waals surface area contributed by atoms with E-state index in [1.165, 1.54) is 4.40 Å². The first kappa shape index (κ1) is 14.8. The largest absolute Gasteiger partial charge is 0.381 e. The summed E-state index contributed by atoms with van der Waals surface area (Å²) >= 11 is 0. The van der Waals surface area contributed by atoms with E-state index in [9.17, 15) is 8.42 Å². The van der Waals surface area contributed by atoms with Gasteiger partial charge in [0, 0.05) is 12.7 Å². The molecule has 0 aliphatic rings. The zero-order valence-corrected chi connectivity index (χ0v) is 12.4. The summed E-state index contributed by atoms with van der Waals surface area (Å²) in [5, 5.41) is 0.0172. The summed E-state index contributed by atoms with van der Waals surface area (Å²) in [6.07, 6.45) is 5.71. The Hall–Kier alpha value is -1.60. The summed E-state index contributed by atoms with van der Waals surface area (Å²) in [7, 11) is -3.64. The number of nitrogens with two attached hydrogens (primary N) is 1. The Morgan fingerprint density at radius 2 is 2.10 bits per heavy atom. The topological polar surface area (TPSA) is 89.5 Å².